The number of nitrogens with one attached hydrogen (secondary N) is 1. The van der Waals surface area contributed by atoms with Crippen molar-refractivity contribution in [3.05, 3.63) is 23.8 Å². The van der Waals surface area contributed by atoms with Crippen LogP contribution in [-0.2, 0) is 4.79 Å². The van der Waals surface area contributed by atoms with Gasteiger partial charge in [-0.1, -0.05) is 12.1 Å². The van der Waals surface area contributed by atoms with Crippen LogP contribution < -0.4 is 10.1 Å². The van der Waals surface area contributed by atoms with Crippen molar-refractivity contribution in [2.45, 2.75) is 32.4 Å². The number of ether oxygens (including phenoxy) is 1. The van der Waals surface area contributed by atoms with Crippen molar-refractivity contribution < 1.29 is 14.6 Å². The summed E-state index contributed by atoms with van der Waals surface area (Å²) in [7, 11) is 0. The Hall–Kier alpha value is -1.71. The molecule has 0 amide bonds. The third kappa shape index (κ3) is 1.96. The largest absolute Gasteiger partial charge is 0.486 e. The van der Waals surface area contributed by atoms with Gasteiger partial charge in [0.2, 0.25) is 0 Å². The van der Waals surface area contributed by atoms with Gasteiger partial charge in [-0.2, -0.15) is 0 Å². The highest BCUT2D eigenvalue weighted by molar-refractivity contribution is 5.69. The number of carboxylic acids is 1. The number of carboxylic acid groups (broad SMARTS) is 1. The number of hydrogen-bond donors (Lipinski definition) is 2. The number of rotatable bonds is 2. The molecular weight excluding hydrogens is 206 g/mol. The number of benzene rings is 1. The predicted molar refractivity (Wildman–Crippen MR) is 60.9 cm³/mol. The van der Waals surface area contributed by atoms with Gasteiger partial charge in [-0.15, -0.1) is 0 Å². The number of fused-ring (bicyclic) bond motifs is 1. The number of aryl methyl sites for hydroxylation is 1. The molecule has 0 spiro atoms. The molecule has 0 bridgehead atoms. The van der Waals surface area contributed by atoms with E-state index < -0.39 is 5.97 Å². The molecule has 1 aromatic rings. The quantitative estimate of drug-likeness (QED) is 0.802. The molecule has 0 aromatic heterocycles. The summed E-state index contributed by atoms with van der Waals surface area (Å²) < 4.78 is 5.69. The molecular formula is C12H15NO3. The van der Waals surface area contributed by atoms with Crippen LogP contribution in [0, 0.1) is 6.92 Å². The van der Waals surface area contributed by atoms with Crippen LogP contribution in [0.4, 0.5) is 5.69 Å². The molecule has 1 aliphatic heterocycles. The average molecular weight is 221 g/mol. The lowest BCUT2D eigenvalue weighted by Crippen LogP contribution is -2.40. The highest BCUT2D eigenvalue weighted by Crippen LogP contribution is 2.34. The van der Waals surface area contributed by atoms with E-state index in [0.717, 1.165) is 17.0 Å². The SMILES string of the molecule is Cc1cccc2c1NC(C)C(CC(=O)O)O2. The van der Waals surface area contributed by atoms with Crippen LogP contribution >= 0.6 is 0 Å². The van der Waals surface area contributed by atoms with Gasteiger partial charge in [0.15, 0.2) is 0 Å². The zero-order valence-corrected chi connectivity index (χ0v) is 9.36. The average Bonchev–Trinajstić information content (AvgIpc) is 2.20. The van der Waals surface area contributed by atoms with Gasteiger partial charge in [0.05, 0.1) is 18.2 Å². The molecule has 2 atom stereocenters. The minimum Gasteiger partial charge on any atom is -0.486 e. The molecule has 1 heterocycles. The second kappa shape index (κ2) is 4.04. The van der Waals surface area contributed by atoms with Crippen LogP contribution in [0.2, 0.25) is 0 Å². The molecule has 0 radical (unpaired) electrons. The van der Waals surface area contributed by atoms with Crippen LogP contribution in [0.25, 0.3) is 0 Å². The molecule has 1 aromatic carbocycles. The molecule has 4 nitrogen and oxygen atoms in total. The van der Waals surface area contributed by atoms with Gasteiger partial charge < -0.3 is 15.2 Å². The lowest BCUT2D eigenvalue weighted by atomic mass is 10.0. The van der Waals surface area contributed by atoms with Gasteiger partial charge in [-0.05, 0) is 25.5 Å². The van der Waals surface area contributed by atoms with Crippen LogP contribution in [0.5, 0.6) is 5.75 Å². The summed E-state index contributed by atoms with van der Waals surface area (Å²) in [5, 5.41) is 12.1. The number of anilines is 1. The number of aliphatic carboxylic acids is 1. The molecule has 0 saturated carbocycles. The highest BCUT2D eigenvalue weighted by atomic mass is 16.5. The minimum atomic E-state index is -0.838. The van der Waals surface area contributed by atoms with Crippen molar-refractivity contribution in [1.29, 1.82) is 0 Å². The second-order valence-corrected chi connectivity index (χ2v) is 4.14. The molecule has 0 saturated heterocycles. The Morgan fingerprint density at radius 3 is 3.00 bits per heavy atom. The number of para-hydroxylation sites is 1. The zero-order chi connectivity index (χ0) is 11.7. The summed E-state index contributed by atoms with van der Waals surface area (Å²) in [6, 6.07) is 5.77. The lowest BCUT2D eigenvalue weighted by Gasteiger charge is -2.33. The monoisotopic (exact) mass is 221 g/mol. The van der Waals surface area contributed by atoms with Crippen molar-refractivity contribution in [1.82, 2.24) is 0 Å². The fourth-order valence-electron chi connectivity index (χ4n) is 1.90. The first-order valence-corrected chi connectivity index (χ1v) is 5.32. The fourth-order valence-corrected chi connectivity index (χ4v) is 1.90. The maximum atomic E-state index is 10.7. The molecule has 86 valence electrons. The summed E-state index contributed by atoms with van der Waals surface area (Å²) in [5.41, 5.74) is 2.08. The van der Waals surface area contributed by atoms with E-state index in [2.05, 4.69) is 5.32 Å². The molecule has 1 aliphatic rings. The van der Waals surface area contributed by atoms with Gasteiger partial charge in [0.1, 0.15) is 11.9 Å². The number of carbonyl (C=O) groups is 1. The van der Waals surface area contributed by atoms with Gasteiger partial charge in [-0.25, -0.2) is 0 Å². The first-order valence-electron chi connectivity index (χ1n) is 5.32. The standard InChI is InChI=1S/C12H15NO3/c1-7-4-3-5-9-12(7)13-8(2)10(16-9)6-11(14)15/h3-5,8,10,13H,6H2,1-2H3,(H,14,15). The Morgan fingerprint density at radius 2 is 2.31 bits per heavy atom. The van der Waals surface area contributed by atoms with Gasteiger partial charge in [0, 0.05) is 0 Å². The summed E-state index contributed by atoms with van der Waals surface area (Å²) in [4.78, 5) is 10.7. The fraction of sp³-hybridized carbons (Fsp3) is 0.417. The summed E-state index contributed by atoms with van der Waals surface area (Å²) in [6.07, 6.45) is -0.298. The molecule has 4 heteroatoms. The smallest absolute Gasteiger partial charge is 0.307 e. The highest BCUT2D eigenvalue weighted by Gasteiger charge is 2.28. The van der Waals surface area contributed by atoms with E-state index in [0.29, 0.717) is 0 Å². The van der Waals surface area contributed by atoms with Gasteiger partial charge in [0.25, 0.3) is 0 Å². The van der Waals surface area contributed by atoms with E-state index in [9.17, 15) is 4.79 Å². The van der Waals surface area contributed by atoms with Gasteiger partial charge >= 0.3 is 5.97 Å². The summed E-state index contributed by atoms with van der Waals surface area (Å²) in [5.74, 6) is -0.0981. The molecule has 2 rings (SSSR count). The topological polar surface area (TPSA) is 58.6 Å². The van der Waals surface area contributed by atoms with Gasteiger partial charge in [-0.3, -0.25) is 4.79 Å². The van der Waals surface area contributed by atoms with E-state index in [1.54, 1.807) is 0 Å². The molecule has 16 heavy (non-hydrogen) atoms. The van der Waals surface area contributed by atoms with E-state index >= 15 is 0 Å². The Morgan fingerprint density at radius 1 is 1.56 bits per heavy atom. The second-order valence-electron chi connectivity index (χ2n) is 4.14. The number of hydrogen-bond acceptors (Lipinski definition) is 3. The molecule has 2 unspecified atom stereocenters. The van der Waals surface area contributed by atoms with Crippen molar-refractivity contribution in [3.8, 4) is 5.75 Å². The van der Waals surface area contributed by atoms with E-state index in [4.69, 9.17) is 9.84 Å². The van der Waals surface area contributed by atoms with Crippen LogP contribution in [0.15, 0.2) is 18.2 Å². The third-order valence-electron chi connectivity index (χ3n) is 2.82. The Balaban J connectivity index is 2.25. The Kier molecular flexibility index (Phi) is 2.73. The normalized spacial score (nSPS) is 22.9. The molecule has 0 aliphatic carbocycles. The minimum absolute atomic E-state index is 0.00435. The Labute approximate surface area is 94.2 Å². The van der Waals surface area contributed by atoms with Crippen LogP contribution in [0.1, 0.15) is 18.9 Å². The van der Waals surface area contributed by atoms with E-state index in [1.165, 1.54) is 0 Å². The third-order valence-corrected chi connectivity index (χ3v) is 2.82. The van der Waals surface area contributed by atoms with Crippen molar-refractivity contribution in [3.63, 3.8) is 0 Å². The van der Waals surface area contributed by atoms with Crippen molar-refractivity contribution in [2.75, 3.05) is 5.32 Å². The Bertz CT molecular complexity index is 417. The lowest BCUT2D eigenvalue weighted by molar-refractivity contribution is -0.139. The van der Waals surface area contributed by atoms with Crippen LogP contribution in [0.3, 0.4) is 0 Å². The first kappa shape index (κ1) is 10.8. The molecule has 2 N–H and O–H groups in total. The molecule has 0 fully saturated rings. The van der Waals surface area contributed by atoms with Crippen LogP contribution in [-0.4, -0.2) is 23.2 Å². The maximum absolute atomic E-state index is 10.7. The van der Waals surface area contributed by atoms with Crippen molar-refractivity contribution in [2.24, 2.45) is 0 Å². The van der Waals surface area contributed by atoms with E-state index in [-0.39, 0.29) is 18.6 Å². The maximum Gasteiger partial charge on any atom is 0.307 e. The predicted octanol–water partition coefficient (Wildman–Crippen LogP) is 2.03. The summed E-state index contributed by atoms with van der Waals surface area (Å²) >= 11 is 0. The first-order chi connectivity index (χ1) is 7.58. The van der Waals surface area contributed by atoms with Crippen molar-refractivity contribution >= 4 is 11.7 Å². The summed E-state index contributed by atoms with van der Waals surface area (Å²) in [6.45, 7) is 3.93. The van der Waals surface area contributed by atoms with E-state index in [1.807, 2.05) is 32.0 Å². The zero-order valence-electron chi connectivity index (χ0n) is 9.36.